The van der Waals surface area contributed by atoms with Gasteiger partial charge in [-0.3, -0.25) is 19.4 Å². The van der Waals surface area contributed by atoms with Gasteiger partial charge in [-0.2, -0.15) is 0 Å². The van der Waals surface area contributed by atoms with Crippen LogP contribution in [0.4, 0.5) is 4.79 Å². The molecule has 26 heavy (non-hydrogen) atoms. The zero-order valence-electron chi connectivity index (χ0n) is 14.8. The molecule has 3 rings (SSSR count). The molecule has 2 heterocycles. The Morgan fingerprint density at radius 1 is 0.962 bits per heavy atom. The Bertz CT molecular complexity index is 948. The number of rotatable bonds is 2. The number of amides is 4. The molecule has 0 bridgehead atoms. The summed E-state index contributed by atoms with van der Waals surface area (Å²) in [6.07, 6.45) is 1.36. The van der Waals surface area contributed by atoms with Gasteiger partial charge in [0, 0.05) is 24.1 Å². The van der Waals surface area contributed by atoms with E-state index in [-0.39, 0.29) is 5.57 Å². The molecule has 4 amide bonds. The minimum absolute atomic E-state index is 0.116. The average Bonchev–Trinajstić information content (AvgIpc) is 3.07. The molecular formula is C19H17BrN2O4. The summed E-state index contributed by atoms with van der Waals surface area (Å²) in [5.74, 6) is -0.329. The first-order valence-electron chi connectivity index (χ1n) is 7.89. The second kappa shape index (κ2) is 6.57. The highest BCUT2D eigenvalue weighted by Gasteiger charge is 2.38. The SMILES string of the molecule is Cc1cc(Br)c(-c2ccc(C=C3C(=O)N(C)C(=O)N(C)C3=O)o2)cc1C. The van der Waals surface area contributed by atoms with E-state index in [0.717, 1.165) is 31.0 Å². The summed E-state index contributed by atoms with van der Waals surface area (Å²) in [4.78, 5) is 38.1. The molecule has 0 saturated carbocycles. The smallest absolute Gasteiger partial charge is 0.333 e. The van der Waals surface area contributed by atoms with Crippen molar-refractivity contribution in [2.75, 3.05) is 14.1 Å². The second-order valence-corrected chi connectivity index (χ2v) is 7.04. The van der Waals surface area contributed by atoms with Crippen molar-refractivity contribution in [2.24, 2.45) is 0 Å². The van der Waals surface area contributed by atoms with E-state index in [0.29, 0.717) is 11.5 Å². The highest BCUT2D eigenvalue weighted by atomic mass is 79.9. The third kappa shape index (κ3) is 2.99. The van der Waals surface area contributed by atoms with Gasteiger partial charge in [-0.15, -0.1) is 0 Å². The number of imide groups is 2. The van der Waals surface area contributed by atoms with Gasteiger partial charge < -0.3 is 4.42 Å². The van der Waals surface area contributed by atoms with Crippen LogP contribution in [-0.2, 0) is 9.59 Å². The molecular weight excluding hydrogens is 400 g/mol. The predicted octanol–water partition coefficient (Wildman–Crippen LogP) is 3.76. The molecule has 1 saturated heterocycles. The Morgan fingerprint density at radius 3 is 2.15 bits per heavy atom. The predicted molar refractivity (Wildman–Crippen MR) is 100 cm³/mol. The Kier molecular flexibility index (Phi) is 4.58. The van der Waals surface area contributed by atoms with Crippen molar-refractivity contribution in [2.45, 2.75) is 13.8 Å². The maximum absolute atomic E-state index is 12.2. The van der Waals surface area contributed by atoms with Crippen molar-refractivity contribution < 1.29 is 18.8 Å². The summed E-state index contributed by atoms with van der Waals surface area (Å²) in [6, 6.07) is 6.82. The van der Waals surface area contributed by atoms with Crippen LogP contribution in [0.2, 0.25) is 0 Å². The Hall–Kier alpha value is -2.67. The van der Waals surface area contributed by atoms with Crippen LogP contribution in [0.15, 0.2) is 38.7 Å². The molecule has 0 spiro atoms. The molecule has 0 aliphatic carbocycles. The standard InChI is InChI=1S/C19H17BrN2O4/c1-10-7-13(15(20)8-11(10)2)16-6-5-12(26-16)9-14-17(23)21(3)19(25)22(4)18(14)24/h5-9H,1-4H3. The van der Waals surface area contributed by atoms with E-state index < -0.39 is 17.8 Å². The van der Waals surface area contributed by atoms with Crippen LogP contribution in [0.3, 0.4) is 0 Å². The molecule has 1 aliphatic heterocycles. The first kappa shape index (κ1) is 18.1. The number of benzene rings is 1. The van der Waals surface area contributed by atoms with Crippen LogP contribution >= 0.6 is 15.9 Å². The van der Waals surface area contributed by atoms with Crippen molar-refractivity contribution >= 4 is 39.9 Å². The summed E-state index contributed by atoms with van der Waals surface area (Å²) >= 11 is 3.53. The molecule has 0 unspecified atom stereocenters. The van der Waals surface area contributed by atoms with Gasteiger partial charge in [0.15, 0.2) is 0 Å². The Balaban J connectivity index is 1.99. The minimum Gasteiger partial charge on any atom is -0.457 e. The number of barbiturate groups is 1. The molecule has 1 aromatic heterocycles. The number of hydrogen-bond acceptors (Lipinski definition) is 4. The number of carbonyl (C=O) groups is 3. The fourth-order valence-electron chi connectivity index (χ4n) is 2.66. The van der Waals surface area contributed by atoms with Crippen LogP contribution < -0.4 is 0 Å². The molecule has 1 aromatic carbocycles. The maximum atomic E-state index is 12.2. The van der Waals surface area contributed by atoms with E-state index in [1.165, 1.54) is 20.2 Å². The maximum Gasteiger partial charge on any atom is 0.333 e. The Labute approximate surface area is 159 Å². The lowest BCUT2D eigenvalue weighted by atomic mass is 10.1. The quantitative estimate of drug-likeness (QED) is 0.551. The molecule has 6 nitrogen and oxygen atoms in total. The Morgan fingerprint density at radius 2 is 1.54 bits per heavy atom. The number of aryl methyl sites for hydroxylation is 2. The van der Waals surface area contributed by atoms with E-state index in [1.807, 2.05) is 26.0 Å². The van der Waals surface area contributed by atoms with E-state index in [4.69, 9.17) is 4.42 Å². The van der Waals surface area contributed by atoms with E-state index >= 15 is 0 Å². The highest BCUT2D eigenvalue weighted by molar-refractivity contribution is 9.10. The third-order valence-electron chi connectivity index (χ3n) is 4.41. The number of urea groups is 1. The molecule has 1 aliphatic rings. The van der Waals surface area contributed by atoms with Crippen molar-refractivity contribution in [3.8, 4) is 11.3 Å². The van der Waals surface area contributed by atoms with Gasteiger partial charge in [-0.05, 0) is 55.3 Å². The molecule has 134 valence electrons. The number of furan rings is 1. The minimum atomic E-state index is -0.656. The van der Waals surface area contributed by atoms with Gasteiger partial charge in [-0.1, -0.05) is 15.9 Å². The van der Waals surface area contributed by atoms with Crippen molar-refractivity contribution in [3.63, 3.8) is 0 Å². The zero-order chi connectivity index (χ0) is 19.2. The molecule has 7 heteroatoms. The van der Waals surface area contributed by atoms with Gasteiger partial charge in [0.05, 0.1) is 0 Å². The summed E-state index contributed by atoms with van der Waals surface area (Å²) in [7, 11) is 2.67. The van der Waals surface area contributed by atoms with Crippen molar-refractivity contribution in [1.29, 1.82) is 0 Å². The number of carbonyl (C=O) groups excluding carboxylic acids is 3. The normalized spacial score (nSPS) is 15.1. The van der Waals surface area contributed by atoms with Crippen LogP contribution in [0, 0.1) is 13.8 Å². The van der Waals surface area contributed by atoms with Crippen LogP contribution in [0.5, 0.6) is 0 Å². The first-order chi connectivity index (χ1) is 12.2. The average molecular weight is 417 g/mol. The lowest BCUT2D eigenvalue weighted by Crippen LogP contribution is -2.52. The summed E-state index contributed by atoms with van der Waals surface area (Å²) in [5, 5.41) is 0. The van der Waals surface area contributed by atoms with Gasteiger partial charge >= 0.3 is 6.03 Å². The van der Waals surface area contributed by atoms with Gasteiger partial charge in [0.25, 0.3) is 11.8 Å². The van der Waals surface area contributed by atoms with Crippen molar-refractivity contribution in [1.82, 2.24) is 9.80 Å². The number of nitrogens with zero attached hydrogens (tertiary/aromatic N) is 2. The van der Waals surface area contributed by atoms with E-state index in [9.17, 15) is 14.4 Å². The lowest BCUT2D eigenvalue weighted by molar-refractivity contribution is -0.134. The van der Waals surface area contributed by atoms with Crippen LogP contribution in [0.25, 0.3) is 17.4 Å². The fourth-order valence-corrected chi connectivity index (χ4v) is 3.32. The number of likely N-dealkylation sites (N-methyl/N-ethyl adjacent to an activating group) is 2. The number of halogens is 1. The van der Waals surface area contributed by atoms with Crippen molar-refractivity contribution in [3.05, 3.63) is 51.2 Å². The van der Waals surface area contributed by atoms with Gasteiger partial charge in [0.2, 0.25) is 0 Å². The highest BCUT2D eigenvalue weighted by Crippen LogP contribution is 2.32. The second-order valence-electron chi connectivity index (χ2n) is 6.19. The van der Waals surface area contributed by atoms with E-state index in [2.05, 4.69) is 15.9 Å². The summed E-state index contributed by atoms with van der Waals surface area (Å²) in [5.41, 5.74) is 3.04. The lowest BCUT2D eigenvalue weighted by Gasteiger charge is -2.28. The monoisotopic (exact) mass is 416 g/mol. The first-order valence-corrected chi connectivity index (χ1v) is 8.68. The van der Waals surface area contributed by atoms with Gasteiger partial charge in [0.1, 0.15) is 17.1 Å². The van der Waals surface area contributed by atoms with Crippen LogP contribution in [-0.4, -0.2) is 41.7 Å². The van der Waals surface area contributed by atoms with Gasteiger partial charge in [-0.25, -0.2) is 4.79 Å². The fraction of sp³-hybridized carbons (Fsp3) is 0.211. The largest absolute Gasteiger partial charge is 0.457 e. The summed E-state index contributed by atoms with van der Waals surface area (Å²) in [6.45, 7) is 4.04. The molecule has 0 atom stereocenters. The third-order valence-corrected chi connectivity index (χ3v) is 5.06. The summed E-state index contributed by atoms with van der Waals surface area (Å²) < 4.78 is 6.70. The number of hydrogen-bond donors (Lipinski definition) is 0. The van der Waals surface area contributed by atoms with E-state index in [1.54, 1.807) is 12.1 Å². The molecule has 0 N–H and O–H groups in total. The molecule has 0 radical (unpaired) electrons. The molecule has 1 fully saturated rings. The zero-order valence-corrected chi connectivity index (χ0v) is 16.4. The molecule has 2 aromatic rings. The van der Waals surface area contributed by atoms with Crippen LogP contribution in [0.1, 0.15) is 16.9 Å². The topological polar surface area (TPSA) is 70.8 Å².